The van der Waals surface area contributed by atoms with Gasteiger partial charge in [-0.3, -0.25) is 35.1 Å². The van der Waals surface area contributed by atoms with E-state index < -0.39 is 31.9 Å². The molecule has 0 saturated heterocycles. The molecule has 0 aromatic heterocycles. The first-order chi connectivity index (χ1) is 20.6. The summed E-state index contributed by atoms with van der Waals surface area (Å²) >= 11 is 0. The predicted molar refractivity (Wildman–Crippen MR) is 159 cm³/mol. The van der Waals surface area contributed by atoms with Gasteiger partial charge in [-0.2, -0.15) is 0 Å². The summed E-state index contributed by atoms with van der Waals surface area (Å²) in [6.07, 6.45) is 0. The zero-order chi connectivity index (χ0) is 30.6. The first-order valence-corrected chi connectivity index (χ1v) is 12.9. The molecule has 0 aliphatic heterocycles. The molecule has 43 heavy (non-hydrogen) atoms. The fraction of sp³-hybridized carbons (Fsp3) is 0.0312. The first-order valence-electron chi connectivity index (χ1n) is 12.9. The number of hydrogen-bond donors (Lipinski definition) is 0. The van der Waals surface area contributed by atoms with Gasteiger partial charge < -0.3 is 0 Å². The average Bonchev–Trinajstić information content (AvgIpc) is 3.28. The Morgan fingerprint density at radius 1 is 0.605 bits per heavy atom. The predicted octanol–water partition coefficient (Wildman–Crippen LogP) is 8.22. The van der Waals surface area contributed by atoms with Crippen molar-refractivity contribution in [2.75, 3.05) is 0 Å². The van der Waals surface area contributed by atoms with E-state index >= 15 is 0 Å². The molecule has 0 radical (unpaired) electrons. The molecular formula is C32H18FN3O7. The molecule has 0 unspecified atom stereocenters. The van der Waals surface area contributed by atoms with Crippen molar-refractivity contribution in [3.63, 3.8) is 0 Å². The lowest BCUT2D eigenvalue weighted by atomic mass is 9.94. The van der Waals surface area contributed by atoms with Gasteiger partial charge in [0.15, 0.2) is 5.78 Å². The molecule has 0 bridgehead atoms. The van der Waals surface area contributed by atoms with Gasteiger partial charge in [0.25, 0.3) is 17.1 Å². The number of benzene rings is 6. The Morgan fingerprint density at radius 2 is 1.30 bits per heavy atom. The van der Waals surface area contributed by atoms with Crippen LogP contribution in [0.4, 0.5) is 21.5 Å². The second-order valence-electron chi connectivity index (χ2n) is 9.94. The second kappa shape index (κ2) is 10.1. The van der Waals surface area contributed by atoms with Crippen molar-refractivity contribution >= 4 is 55.2 Å². The zero-order valence-electron chi connectivity index (χ0n) is 22.2. The van der Waals surface area contributed by atoms with Gasteiger partial charge in [-0.25, -0.2) is 4.39 Å². The van der Waals surface area contributed by atoms with Crippen molar-refractivity contribution in [2.24, 2.45) is 0 Å². The van der Waals surface area contributed by atoms with E-state index in [1.54, 1.807) is 6.07 Å². The van der Waals surface area contributed by atoms with E-state index in [1.807, 2.05) is 24.3 Å². The summed E-state index contributed by atoms with van der Waals surface area (Å²) in [5, 5.41) is 39.1. The maximum Gasteiger partial charge on any atom is 0.284 e. The van der Waals surface area contributed by atoms with Gasteiger partial charge in [-0.1, -0.05) is 48.5 Å². The van der Waals surface area contributed by atoms with Crippen LogP contribution in [0.5, 0.6) is 0 Å². The van der Waals surface area contributed by atoms with Crippen molar-refractivity contribution in [2.45, 2.75) is 6.92 Å². The third kappa shape index (κ3) is 4.39. The van der Waals surface area contributed by atoms with Crippen LogP contribution in [0.1, 0.15) is 21.5 Å². The van der Waals surface area contributed by atoms with E-state index in [4.69, 9.17) is 0 Å². The number of nitro groups is 3. The van der Waals surface area contributed by atoms with Crippen molar-refractivity contribution in [3.8, 4) is 11.1 Å². The number of non-ortho nitro benzene ring substituents is 2. The Kier molecular flexibility index (Phi) is 6.34. The Bertz CT molecular complexity index is 2230. The molecule has 0 spiro atoms. The van der Waals surface area contributed by atoms with Crippen LogP contribution in [-0.4, -0.2) is 20.6 Å². The minimum absolute atomic E-state index is 0.0597. The van der Waals surface area contributed by atoms with E-state index in [9.17, 15) is 39.5 Å². The fourth-order valence-corrected chi connectivity index (χ4v) is 5.62. The standard InChI is InChI=1S/C19H13F.C13H5N3O7/c1-12-15-7-3-2-5-14(15)11-17-16(12)10-9-13-6-4-8-18(20)19(13)17;17-13-9-3-6(14(18)19)1-2-8(9)12-10(13)4-7(15(20)21)5-11(12)16(22)23/h2-11H,1H3;1-5H. The van der Waals surface area contributed by atoms with Gasteiger partial charge in [-0.05, 0) is 57.6 Å². The summed E-state index contributed by atoms with van der Waals surface area (Å²) in [6.45, 7) is 2.11. The summed E-state index contributed by atoms with van der Waals surface area (Å²) in [4.78, 5) is 42.8. The van der Waals surface area contributed by atoms with Crippen LogP contribution in [0.15, 0.2) is 91.0 Å². The highest BCUT2D eigenvalue weighted by molar-refractivity contribution is 6.23. The molecule has 6 aromatic carbocycles. The number of fused-ring (bicyclic) bond motifs is 7. The van der Waals surface area contributed by atoms with Gasteiger partial charge in [0.05, 0.1) is 26.4 Å². The molecule has 11 heteroatoms. The molecule has 210 valence electrons. The van der Waals surface area contributed by atoms with Crippen molar-refractivity contribution in [1.82, 2.24) is 0 Å². The highest BCUT2D eigenvalue weighted by Gasteiger charge is 2.37. The second-order valence-corrected chi connectivity index (χ2v) is 9.94. The number of carbonyl (C=O) groups excluding carboxylic acids is 1. The summed E-state index contributed by atoms with van der Waals surface area (Å²) in [5.74, 6) is -0.867. The zero-order valence-corrected chi connectivity index (χ0v) is 22.2. The van der Waals surface area contributed by atoms with E-state index in [1.165, 1.54) is 23.1 Å². The molecule has 6 aromatic rings. The van der Waals surface area contributed by atoms with Gasteiger partial charge in [-0.15, -0.1) is 0 Å². The number of nitro benzene ring substituents is 3. The van der Waals surface area contributed by atoms with Gasteiger partial charge >= 0.3 is 0 Å². The van der Waals surface area contributed by atoms with Crippen molar-refractivity contribution < 1.29 is 24.0 Å². The first kappa shape index (κ1) is 27.1. The smallest absolute Gasteiger partial charge is 0.284 e. The molecular weight excluding hydrogens is 557 g/mol. The maximum atomic E-state index is 14.2. The lowest BCUT2D eigenvalue weighted by molar-refractivity contribution is -0.393. The molecule has 0 amide bonds. The quantitative estimate of drug-likeness (QED) is 0.0892. The normalized spacial score (nSPS) is 11.6. The Morgan fingerprint density at radius 3 is 2.02 bits per heavy atom. The molecule has 1 aliphatic rings. The minimum Gasteiger partial charge on any atom is -0.289 e. The summed E-state index contributed by atoms with van der Waals surface area (Å²) < 4.78 is 14.2. The minimum atomic E-state index is -0.841. The lowest BCUT2D eigenvalue weighted by Crippen LogP contribution is -2.00. The highest BCUT2D eigenvalue weighted by Crippen LogP contribution is 2.45. The largest absolute Gasteiger partial charge is 0.289 e. The SMILES string of the molecule is Cc1c2ccccc2cc2c1ccc1cccc(F)c12.O=C1c2cc([N+](=O)[O-])ccc2-c2c1cc([N+](=O)[O-])cc2[N+](=O)[O-]. The van der Waals surface area contributed by atoms with Gasteiger partial charge in [0.2, 0.25) is 0 Å². The number of ketones is 1. The number of carbonyl (C=O) groups is 1. The topological polar surface area (TPSA) is 146 Å². The molecule has 0 saturated carbocycles. The van der Waals surface area contributed by atoms with Crippen LogP contribution in [0.3, 0.4) is 0 Å². The molecule has 0 N–H and O–H groups in total. The summed E-state index contributed by atoms with van der Waals surface area (Å²) in [5.41, 5.74) is -0.515. The van der Waals surface area contributed by atoms with Crippen LogP contribution in [0.2, 0.25) is 0 Å². The van der Waals surface area contributed by atoms with Crippen LogP contribution >= 0.6 is 0 Å². The van der Waals surface area contributed by atoms with Crippen LogP contribution < -0.4 is 0 Å². The number of nitrogens with zero attached hydrogens (tertiary/aromatic N) is 3. The molecule has 0 heterocycles. The summed E-state index contributed by atoms with van der Waals surface area (Å²) in [6, 6.07) is 24.8. The van der Waals surface area contributed by atoms with Crippen LogP contribution in [-0.2, 0) is 0 Å². The van der Waals surface area contributed by atoms with E-state index in [0.29, 0.717) is 0 Å². The summed E-state index contributed by atoms with van der Waals surface area (Å²) in [7, 11) is 0. The Balaban J connectivity index is 0.000000154. The number of halogens is 1. The van der Waals surface area contributed by atoms with E-state index in [0.717, 1.165) is 51.2 Å². The molecule has 1 aliphatic carbocycles. The van der Waals surface area contributed by atoms with Crippen molar-refractivity contribution in [1.29, 1.82) is 0 Å². The van der Waals surface area contributed by atoms with Crippen molar-refractivity contribution in [3.05, 3.63) is 144 Å². The molecule has 0 fully saturated rings. The van der Waals surface area contributed by atoms with Gasteiger partial charge in [0.1, 0.15) is 5.82 Å². The van der Waals surface area contributed by atoms with E-state index in [-0.39, 0.29) is 33.8 Å². The lowest BCUT2D eigenvalue weighted by Gasteiger charge is -2.10. The van der Waals surface area contributed by atoms with Crippen LogP contribution in [0.25, 0.3) is 43.4 Å². The third-order valence-electron chi connectivity index (χ3n) is 7.59. The number of hydrogen-bond acceptors (Lipinski definition) is 7. The average molecular weight is 576 g/mol. The number of rotatable bonds is 3. The Hall–Kier alpha value is -6.10. The monoisotopic (exact) mass is 575 g/mol. The van der Waals surface area contributed by atoms with Gasteiger partial charge in [0, 0.05) is 40.3 Å². The Labute approximate surface area is 241 Å². The van der Waals surface area contributed by atoms with E-state index in [2.05, 4.69) is 31.2 Å². The molecule has 10 nitrogen and oxygen atoms in total. The highest BCUT2D eigenvalue weighted by atomic mass is 19.1. The fourth-order valence-electron chi connectivity index (χ4n) is 5.62. The molecule has 7 rings (SSSR count). The molecule has 0 atom stereocenters. The third-order valence-corrected chi connectivity index (χ3v) is 7.59. The number of aryl methyl sites for hydroxylation is 1. The van der Waals surface area contributed by atoms with Crippen LogP contribution in [0, 0.1) is 43.1 Å². The maximum absolute atomic E-state index is 14.2.